The molecule has 0 saturated carbocycles. The molecule has 0 spiro atoms. The minimum atomic E-state index is 0.341. The summed E-state index contributed by atoms with van der Waals surface area (Å²) in [5.74, 6) is 0.341. The quantitative estimate of drug-likeness (QED) is 0.816. The van der Waals surface area contributed by atoms with Crippen molar-refractivity contribution in [1.82, 2.24) is 20.0 Å². The van der Waals surface area contributed by atoms with Crippen LogP contribution >= 0.6 is 0 Å². The maximum absolute atomic E-state index is 12.6. The third-order valence-corrected chi connectivity index (χ3v) is 5.42. The van der Waals surface area contributed by atoms with Gasteiger partial charge < -0.3 is 15.1 Å². The van der Waals surface area contributed by atoms with E-state index in [9.17, 15) is 4.79 Å². The number of likely N-dealkylation sites (N-methyl/N-ethyl adjacent to an activating group) is 1. The number of hydrogen-bond acceptors (Lipinski definition) is 4. The van der Waals surface area contributed by atoms with Gasteiger partial charge in [-0.2, -0.15) is 0 Å². The monoisotopic (exact) mass is 294 g/mol. The highest BCUT2D eigenvalue weighted by Crippen LogP contribution is 2.24. The Morgan fingerprint density at radius 3 is 2.57 bits per heavy atom. The van der Waals surface area contributed by atoms with E-state index < -0.39 is 0 Å². The van der Waals surface area contributed by atoms with Crippen molar-refractivity contribution in [2.45, 2.75) is 44.2 Å². The Kier molecular flexibility index (Phi) is 5.14. The topological polar surface area (TPSA) is 38.8 Å². The van der Waals surface area contributed by atoms with Gasteiger partial charge in [-0.15, -0.1) is 0 Å². The molecule has 120 valence electrons. The van der Waals surface area contributed by atoms with Gasteiger partial charge in [-0.3, -0.25) is 9.69 Å². The maximum atomic E-state index is 12.6. The lowest BCUT2D eigenvalue weighted by atomic mass is 9.94. The Morgan fingerprint density at radius 2 is 1.86 bits per heavy atom. The maximum Gasteiger partial charge on any atom is 0.236 e. The van der Waals surface area contributed by atoms with Crippen molar-refractivity contribution in [3.05, 3.63) is 0 Å². The van der Waals surface area contributed by atoms with E-state index >= 15 is 0 Å². The van der Waals surface area contributed by atoms with E-state index in [-0.39, 0.29) is 0 Å². The van der Waals surface area contributed by atoms with Gasteiger partial charge >= 0.3 is 0 Å². The number of amides is 1. The van der Waals surface area contributed by atoms with Gasteiger partial charge in [-0.05, 0) is 45.8 Å². The average Bonchev–Trinajstić information content (AvgIpc) is 3.02. The minimum absolute atomic E-state index is 0.341. The number of nitrogens with zero attached hydrogens (tertiary/aromatic N) is 3. The molecule has 3 rings (SSSR count). The van der Waals surface area contributed by atoms with Crippen LogP contribution in [0.15, 0.2) is 0 Å². The van der Waals surface area contributed by atoms with Crippen LogP contribution in [0.3, 0.4) is 0 Å². The molecule has 0 aliphatic carbocycles. The summed E-state index contributed by atoms with van der Waals surface area (Å²) in [6.45, 7) is 6.71. The van der Waals surface area contributed by atoms with Crippen molar-refractivity contribution >= 4 is 5.91 Å². The van der Waals surface area contributed by atoms with Crippen LogP contribution in [0.4, 0.5) is 0 Å². The lowest BCUT2D eigenvalue weighted by molar-refractivity contribution is -0.135. The van der Waals surface area contributed by atoms with Gasteiger partial charge in [0.2, 0.25) is 5.91 Å². The van der Waals surface area contributed by atoms with E-state index in [0.29, 0.717) is 24.5 Å². The van der Waals surface area contributed by atoms with E-state index in [1.54, 1.807) is 0 Å². The van der Waals surface area contributed by atoms with Crippen LogP contribution in [0.1, 0.15) is 32.1 Å². The largest absolute Gasteiger partial charge is 0.339 e. The molecule has 3 aliphatic rings. The van der Waals surface area contributed by atoms with Gasteiger partial charge in [-0.1, -0.05) is 6.42 Å². The van der Waals surface area contributed by atoms with Gasteiger partial charge in [0.05, 0.1) is 6.54 Å². The number of likely N-dealkylation sites (tertiary alicyclic amines) is 1. The van der Waals surface area contributed by atoms with Gasteiger partial charge in [0.1, 0.15) is 0 Å². The van der Waals surface area contributed by atoms with Crippen molar-refractivity contribution in [2.75, 3.05) is 52.9 Å². The second kappa shape index (κ2) is 7.07. The van der Waals surface area contributed by atoms with Crippen molar-refractivity contribution < 1.29 is 4.79 Å². The molecule has 2 unspecified atom stereocenters. The van der Waals surface area contributed by atoms with Gasteiger partial charge in [0.25, 0.3) is 0 Å². The molecule has 5 nitrogen and oxygen atoms in total. The van der Waals surface area contributed by atoms with Crippen LogP contribution in [0.25, 0.3) is 0 Å². The molecule has 3 fully saturated rings. The van der Waals surface area contributed by atoms with Crippen molar-refractivity contribution in [3.8, 4) is 0 Å². The zero-order chi connectivity index (χ0) is 14.7. The predicted molar refractivity (Wildman–Crippen MR) is 84.3 cm³/mol. The first kappa shape index (κ1) is 15.3. The smallest absolute Gasteiger partial charge is 0.236 e. The molecule has 0 radical (unpaired) electrons. The van der Waals surface area contributed by atoms with Crippen LogP contribution in [0.5, 0.6) is 0 Å². The van der Waals surface area contributed by atoms with E-state index in [0.717, 1.165) is 39.3 Å². The predicted octanol–water partition coefficient (Wildman–Crippen LogP) is 0.367. The summed E-state index contributed by atoms with van der Waals surface area (Å²) in [4.78, 5) is 19.4. The average molecular weight is 294 g/mol. The highest BCUT2D eigenvalue weighted by atomic mass is 16.2. The first-order chi connectivity index (χ1) is 10.2. The highest BCUT2D eigenvalue weighted by molar-refractivity contribution is 5.78. The molecule has 2 atom stereocenters. The fourth-order valence-corrected chi connectivity index (χ4v) is 4.04. The summed E-state index contributed by atoms with van der Waals surface area (Å²) in [6.07, 6.45) is 6.40. The zero-order valence-electron chi connectivity index (χ0n) is 13.4. The SMILES string of the molecule is CN1CCN(C(=O)CN2CCCCC2C2CCCN2)CC1. The summed E-state index contributed by atoms with van der Waals surface area (Å²) >= 11 is 0. The standard InChI is InChI=1S/C16H30N4O/c1-18-9-11-19(12-10-18)16(21)13-20-8-3-2-6-15(20)14-5-4-7-17-14/h14-15,17H,2-13H2,1H3. The highest BCUT2D eigenvalue weighted by Gasteiger charge is 2.33. The minimum Gasteiger partial charge on any atom is -0.339 e. The van der Waals surface area contributed by atoms with Crippen LogP contribution in [0.2, 0.25) is 0 Å². The molecule has 0 aromatic heterocycles. The summed E-state index contributed by atoms with van der Waals surface area (Å²) in [6, 6.07) is 1.20. The first-order valence-corrected chi connectivity index (χ1v) is 8.68. The molecule has 1 amide bonds. The molecular formula is C16H30N4O. The number of carbonyl (C=O) groups excluding carboxylic acids is 1. The number of nitrogens with one attached hydrogen (secondary N) is 1. The van der Waals surface area contributed by atoms with Crippen LogP contribution < -0.4 is 5.32 Å². The number of hydrogen-bond donors (Lipinski definition) is 1. The second-order valence-corrected chi connectivity index (χ2v) is 6.92. The Hall–Kier alpha value is -0.650. The Labute approximate surface area is 128 Å². The van der Waals surface area contributed by atoms with Gasteiger partial charge in [0, 0.05) is 38.3 Å². The molecule has 3 saturated heterocycles. The first-order valence-electron chi connectivity index (χ1n) is 8.68. The second-order valence-electron chi connectivity index (χ2n) is 6.92. The molecule has 21 heavy (non-hydrogen) atoms. The molecule has 1 N–H and O–H groups in total. The molecule has 3 aliphatic heterocycles. The lowest BCUT2D eigenvalue weighted by Crippen LogP contribution is -2.55. The van der Waals surface area contributed by atoms with Gasteiger partial charge in [0.15, 0.2) is 0 Å². The summed E-state index contributed by atoms with van der Waals surface area (Å²) < 4.78 is 0. The summed E-state index contributed by atoms with van der Waals surface area (Å²) in [5, 5.41) is 3.64. The number of rotatable bonds is 3. The van der Waals surface area contributed by atoms with Crippen molar-refractivity contribution in [2.24, 2.45) is 0 Å². The van der Waals surface area contributed by atoms with Crippen molar-refractivity contribution in [1.29, 1.82) is 0 Å². The fraction of sp³-hybridized carbons (Fsp3) is 0.938. The van der Waals surface area contributed by atoms with Crippen LogP contribution in [0, 0.1) is 0 Å². The Morgan fingerprint density at radius 1 is 1.05 bits per heavy atom. The van der Waals surface area contributed by atoms with E-state index in [1.807, 2.05) is 0 Å². The zero-order valence-corrected chi connectivity index (χ0v) is 13.4. The number of piperazine rings is 1. The summed E-state index contributed by atoms with van der Waals surface area (Å²) in [7, 11) is 2.13. The summed E-state index contributed by atoms with van der Waals surface area (Å²) in [5.41, 5.74) is 0. The molecule has 0 aromatic rings. The van der Waals surface area contributed by atoms with E-state index in [1.165, 1.54) is 32.1 Å². The van der Waals surface area contributed by atoms with E-state index in [2.05, 4.69) is 27.1 Å². The lowest BCUT2D eigenvalue weighted by Gasteiger charge is -2.40. The third-order valence-electron chi connectivity index (χ3n) is 5.42. The van der Waals surface area contributed by atoms with E-state index in [4.69, 9.17) is 0 Å². The van der Waals surface area contributed by atoms with Crippen molar-refractivity contribution in [3.63, 3.8) is 0 Å². The van der Waals surface area contributed by atoms with Crippen LogP contribution in [-0.4, -0.2) is 85.6 Å². The normalized spacial score (nSPS) is 32.5. The third kappa shape index (κ3) is 3.76. The molecule has 5 heteroatoms. The fourth-order valence-electron chi connectivity index (χ4n) is 4.04. The van der Waals surface area contributed by atoms with Gasteiger partial charge in [-0.25, -0.2) is 0 Å². The number of piperidine rings is 1. The Bertz CT molecular complexity index is 348. The van der Waals surface area contributed by atoms with Crippen LogP contribution in [-0.2, 0) is 4.79 Å². The molecule has 0 aromatic carbocycles. The molecular weight excluding hydrogens is 264 g/mol. The number of carbonyl (C=O) groups is 1. The molecule has 0 bridgehead atoms. The Balaban J connectivity index is 1.55. The molecule has 3 heterocycles.